The lowest BCUT2D eigenvalue weighted by Crippen LogP contribution is -2.39. The van der Waals surface area contributed by atoms with Gasteiger partial charge >= 0.3 is 0 Å². The Morgan fingerprint density at radius 2 is 2.11 bits per heavy atom. The minimum Gasteiger partial charge on any atom is -0.386 e. The number of oxime groups is 1. The van der Waals surface area contributed by atoms with E-state index in [-0.39, 0.29) is 23.5 Å². The molecule has 1 aromatic heterocycles. The van der Waals surface area contributed by atoms with E-state index in [9.17, 15) is 9.59 Å². The summed E-state index contributed by atoms with van der Waals surface area (Å²) in [7, 11) is 0. The predicted molar refractivity (Wildman–Crippen MR) is 101 cm³/mol. The maximum absolute atomic E-state index is 12.5. The summed E-state index contributed by atoms with van der Waals surface area (Å²) in [6.45, 7) is 3.47. The van der Waals surface area contributed by atoms with E-state index in [1.165, 1.54) is 17.8 Å². The quantitative estimate of drug-likeness (QED) is 0.853. The molecule has 2 aliphatic heterocycles. The fourth-order valence-corrected chi connectivity index (χ4v) is 3.61. The molecular weight excluding hydrogens is 360 g/mol. The van der Waals surface area contributed by atoms with Gasteiger partial charge in [0.2, 0.25) is 5.76 Å². The monoisotopic (exact) mass is 382 g/mol. The number of benzene rings is 1. The molecule has 2 aliphatic rings. The van der Waals surface area contributed by atoms with E-state index in [0.717, 1.165) is 0 Å². The maximum atomic E-state index is 12.5. The molecule has 0 bridgehead atoms. The van der Waals surface area contributed by atoms with Crippen LogP contribution in [0, 0.1) is 0 Å². The lowest BCUT2D eigenvalue weighted by molar-refractivity contribution is -0.115. The Kier molecular flexibility index (Phi) is 4.85. The molecule has 1 fully saturated rings. The van der Waals surface area contributed by atoms with Crippen molar-refractivity contribution in [3.05, 3.63) is 53.9 Å². The molecule has 2 amide bonds. The number of nitrogens with zero attached hydrogens (tertiary/aromatic N) is 3. The van der Waals surface area contributed by atoms with Crippen LogP contribution >= 0.6 is 0 Å². The molecule has 1 aromatic carbocycles. The second kappa shape index (κ2) is 7.46. The van der Waals surface area contributed by atoms with Crippen LogP contribution in [0.2, 0.25) is 0 Å². The van der Waals surface area contributed by atoms with Crippen molar-refractivity contribution in [2.45, 2.75) is 31.3 Å². The van der Waals surface area contributed by atoms with Crippen molar-refractivity contribution in [3.8, 4) is 0 Å². The Hall–Kier alpha value is -3.16. The number of amides is 2. The highest BCUT2D eigenvalue weighted by atomic mass is 16.7. The first-order valence-electron chi connectivity index (χ1n) is 9.34. The smallest absolute Gasteiger partial charge is 0.292 e. The van der Waals surface area contributed by atoms with E-state index >= 15 is 0 Å². The predicted octanol–water partition coefficient (Wildman–Crippen LogP) is 1.96. The van der Waals surface area contributed by atoms with E-state index in [1.807, 2.05) is 30.3 Å². The zero-order valence-electron chi connectivity index (χ0n) is 15.6. The molecule has 8 nitrogen and oxygen atoms in total. The van der Waals surface area contributed by atoms with Crippen LogP contribution in [-0.2, 0) is 9.63 Å². The third kappa shape index (κ3) is 3.62. The summed E-state index contributed by atoms with van der Waals surface area (Å²) >= 11 is 0. The number of carbonyl (C=O) groups excluding carboxylic acids is 2. The molecule has 2 aromatic rings. The van der Waals surface area contributed by atoms with Crippen molar-refractivity contribution >= 4 is 17.5 Å². The van der Waals surface area contributed by atoms with Gasteiger partial charge in [-0.2, -0.15) is 0 Å². The molecule has 3 heterocycles. The van der Waals surface area contributed by atoms with E-state index in [2.05, 4.69) is 22.6 Å². The largest absolute Gasteiger partial charge is 0.386 e. The highest BCUT2D eigenvalue weighted by Crippen LogP contribution is 2.34. The molecule has 1 N–H and O–H groups in total. The van der Waals surface area contributed by atoms with E-state index < -0.39 is 5.60 Å². The first-order valence-corrected chi connectivity index (χ1v) is 9.34. The summed E-state index contributed by atoms with van der Waals surface area (Å²) in [6, 6.07) is 11.6. The zero-order chi connectivity index (χ0) is 19.6. The second-order valence-electron chi connectivity index (χ2n) is 7.36. The fraction of sp³-hybridized carbons (Fsp3) is 0.400. The normalized spacial score (nSPS) is 22.0. The average Bonchev–Trinajstić information content (AvgIpc) is 3.48. The molecule has 0 saturated carbocycles. The van der Waals surface area contributed by atoms with Gasteiger partial charge in [0.05, 0.1) is 12.7 Å². The molecule has 146 valence electrons. The van der Waals surface area contributed by atoms with Crippen molar-refractivity contribution in [2.24, 2.45) is 5.16 Å². The fourth-order valence-electron chi connectivity index (χ4n) is 3.61. The highest BCUT2D eigenvalue weighted by molar-refractivity contribution is 6.39. The molecule has 0 aliphatic carbocycles. The maximum Gasteiger partial charge on any atom is 0.292 e. The lowest BCUT2D eigenvalue weighted by atomic mass is 9.96. The number of carbonyl (C=O) groups is 2. The Morgan fingerprint density at radius 1 is 1.29 bits per heavy atom. The van der Waals surface area contributed by atoms with Crippen LogP contribution in [0.25, 0.3) is 0 Å². The zero-order valence-corrected chi connectivity index (χ0v) is 15.6. The summed E-state index contributed by atoms with van der Waals surface area (Å²) in [4.78, 5) is 32.2. The molecule has 2 atom stereocenters. The summed E-state index contributed by atoms with van der Waals surface area (Å²) in [5.41, 5.74) is 0.906. The molecule has 4 rings (SSSR count). The first kappa shape index (κ1) is 18.2. The molecular formula is C20H22N4O4. The summed E-state index contributed by atoms with van der Waals surface area (Å²) in [6.07, 6.45) is 2.44. The number of rotatable bonds is 5. The third-order valence-electron chi connectivity index (χ3n) is 5.29. The molecule has 28 heavy (non-hydrogen) atoms. The van der Waals surface area contributed by atoms with Crippen LogP contribution in [-0.4, -0.2) is 52.8 Å². The summed E-state index contributed by atoms with van der Waals surface area (Å²) in [5.74, 6) is -0.0559. The number of nitrogens with one attached hydrogen (secondary N) is 1. The number of hydrogen-bond acceptors (Lipinski definition) is 6. The molecule has 1 saturated heterocycles. The van der Waals surface area contributed by atoms with Gasteiger partial charge in [0.1, 0.15) is 5.71 Å². The molecule has 0 radical (unpaired) electrons. The number of likely N-dealkylation sites (tertiary alicyclic amines) is 1. The van der Waals surface area contributed by atoms with E-state index in [0.29, 0.717) is 38.2 Å². The van der Waals surface area contributed by atoms with Crippen LogP contribution in [0.15, 0.2) is 52.3 Å². The standard InChI is InChI=1S/C20H22N4O4/c1-14(15-5-3-2-4-6-15)12-21-18(25)16-11-20(28-23-16)8-10-24(13-20)19(26)17-7-9-22-27-17/h2-7,9,14H,8,10-13H2,1H3,(H,21,25)/t14-,20-/m0/s1. The van der Waals surface area contributed by atoms with Crippen LogP contribution in [0.5, 0.6) is 0 Å². The van der Waals surface area contributed by atoms with Gasteiger partial charge in [0.15, 0.2) is 5.60 Å². The highest BCUT2D eigenvalue weighted by Gasteiger charge is 2.48. The Labute approximate surface area is 162 Å². The average molecular weight is 382 g/mol. The van der Waals surface area contributed by atoms with Gasteiger partial charge < -0.3 is 19.6 Å². The van der Waals surface area contributed by atoms with Gasteiger partial charge in [0, 0.05) is 32.0 Å². The third-order valence-corrected chi connectivity index (χ3v) is 5.29. The van der Waals surface area contributed by atoms with E-state index in [4.69, 9.17) is 9.36 Å². The Balaban J connectivity index is 1.30. The van der Waals surface area contributed by atoms with Gasteiger partial charge in [-0.1, -0.05) is 47.6 Å². The number of aromatic nitrogens is 1. The van der Waals surface area contributed by atoms with Crippen molar-refractivity contribution < 1.29 is 18.9 Å². The van der Waals surface area contributed by atoms with Crippen molar-refractivity contribution in [1.29, 1.82) is 0 Å². The van der Waals surface area contributed by atoms with Gasteiger partial charge in [0.25, 0.3) is 11.8 Å². The molecule has 0 unspecified atom stereocenters. The van der Waals surface area contributed by atoms with Crippen LogP contribution in [0.3, 0.4) is 0 Å². The van der Waals surface area contributed by atoms with Crippen molar-refractivity contribution in [2.75, 3.05) is 19.6 Å². The topological polar surface area (TPSA) is 97.0 Å². The van der Waals surface area contributed by atoms with Gasteiger partial charge in [-0.25, -0.2) is 0 Å². The van der Waals surface area contributed by atoms with Crippen LogP contribution in [0.4, 0.5) is 0 Å². The molecule has 8 heteroatoms. The summed E-state index contributed by atoms with van der Waals surface area (Å²) in [5, 5.41) is 10.5. The van der Waals surface area contributed by atoms with Gasteiger partial charge in [-0.05, 0) is 11.5 Å². The van der Waals surface area contributed by atoms with Crippen molar-refractivity contribution in [1.82, 2.24) is 15.4 Å². The van der Waals surface area contributed by atoms with Gasteiger partial charge in [-0.15, -0.1) is 0 Å². The van der Waals surface area contributed by atoms with Crippen LogP contribution in [0.1, 0.15) is 41.8 Å². The minimum atomic E-state index is -0.632. The van der Waals surface area contributed by atoms with E-state index in [1.54, 1.807) is 4.90 Å². The second-order valence-corrected chi connectivity index (χ2v) is 7.36. The SMILES string of the molecule is C[C@@H](CNC(=O)C1=NO[C@@]2(CCN(C(=O)c3ccno3)C2)C1)c1ccccc1. The minimum absolute atomic E-state index is 0.198. The Morgan fingerprint density at radius 3 is 2.86 bits per heavy atom. The summed E-state index contributed by atoms with van der Waals surface area (Å²) < 4.78 is 4.93. The Bertz CT molecular complexity index is 881. The number of hydrogen-bond donors (Lipinski definition) is 1. The molecule has 1 spiro atoms. The van der Waals surface area contributed by atoms with Gasteiger partial charge in [-0.3, -0.25) is 9.59 Å². The van der Waals surface area contributed by atoms with Crippen molar-refractivity contribution in [3.63, 3.8) is 0 Å². The first-order chi connectivity index (χ1) is 13.6. The van der Waals surface area contributed by atoms with Crippen LogP contribution < -0.4 is 5.32 Å². The lowest BCUT2D eigenvalue weighted by Gasteiger charge is -2.21.